The van der Waals surface area contributed by atoms with Gasteiger partial charge in [-0.05, 0) is 6.42 Å². The van der Waals surface area contributed by atoms with E-state index in [-0.39, 0.29) is 5.88 Å². The van der Waals surface area contributed by atoms with Gasteiger partial charge >= 0.3 is 0 Å². The zero-order valence-electron chi connectivity index (χ0n) is 4.97. The second-order valence-corrected chi connectivity index (χ2v) is 1.87. The number of hydrogen-bond acceptors (Lipinski definition) is 1. The molecular weight excluding hydrogens is 124 g/mol. The van der Waals surface area contributed by atoms with Crippen molar-refractivity contribution in [3.8, 4) is 0 Å². The minimum absolute atomic E-state index is 0.288. The summed E-state index contributed by atoms with van der Waals surface area (Å²) in [7, 11) is 0. The van der Waals surface area contributed by atoms with Crippen LogP contribution >= 0.6 is 11.6 Å². The van der Waals surface area contributed by atoms with Gasteiger partial charge in [-0.1, -0.05) is 19.1 Å². The SMILES string of the molecule is CC/C=C/C(O)CCl. The summed E-state index contributed by atoms with van der Waals surface area (Å²) >= 11 is 5.29. The average Bonchev–Trinajstić information content (AvgIpc) is 1.83. The molecule has 0 radical (unpaired) electrons. The molecule has 8 heavy (non-hydrogen) atoms. The van der Waals surface area contributed by atoms with Gasteiger partial charge in [-0.2, -0.15) is 0 Å². The standard InChI is InChI=1S/C6H11ClO/c1-2-3-4-6(8)5-7/h3-4,6,8H,2,5H2,1H3/b4-3+. The zero-order chi connectivity index (χ0) is 6.41. The molecule has 0 heterocycles. The van der Waals surface area contributed by atoms with Crippen LogP contribution in [0.2, 0.25) is 0 Å². The first kappa shape index (κ1) is 7.99. The number of rotatable bonds is 3. The number of alkyl halides is 1. The highest BCUT2D eigenvalue weighted by molar-refractivity contribution is 6.18. The molecule has 1 atom stereocenters. The Balaban J connectivity index is 3.21. The molecule has 0 amide bonds. The monoisotopic (exact) mass is 134 g/mol. The third-order valence-electron chi connectivity index (χ3n) is 0.752. The lowest BCUT2D eigenvalue weighted by Gasteiger charge is -1.94. The molecule has 0 fully saturated rings. The van der Waals surface area contributed by atoms with Crippen LogP contribution < -0.4 is 0 Å². The lowest BCUT2D eigenvalue weighted by molar-refractivity contribution is 0.247. The summed E-state index contributed by atoms with van der Waals surface area (Å²) in [6.45, 7) is 2.01. The molecule has 0 aliphatic carbocycles. The smallest absolute Gasteiger partial charge is 0.0856 e. The molecule has 0 aliphatic heterocycles. The largest absolute Gasteiger partial charge is 0.388 e. The Hall–Kier alpha value is -0.0100. The minimum atomic E-state index is -0.461. The Kier molecular flexibility index (Phi) is 5.13. The first-order chi connectivity index (χ1) is 3.81. The van der Waals surface area contributed by atoms with Crippen molar-refractivity contribution in [1.29, 1.82) is 0 Å². The molecule has 0 rings (SSSR count). The maximum Gasteiger partial charge on any atom is 0.0856 e. The zero-order valence-corrected chi connectivity index (χ0v) is 5.73. The Bertz CT molecular complexity index is 70.9. The van der Waals surface area contributed by atoms with Crippen molar-refractivity contribution in [1.82, 2.24) is 0 Å². The van der Waals surface area contributed by atoms with Crippen molar-refractivity contribution >= 4 is 11.6 Å². The molecule has 0 bridgehead atoms. The summed E-state index contributed by atoms with van der Waals surface area (Å²) in [4.78, 5) is 0. The maximum atomic E-state index is 8.77. The van der Waals surface area contributed by atoms with Crippen LogP contribution in [-0.2, 0) is 0 Å². The molecule has 2 heteroatoms. The van der Waals surface area contributed by atoms with Gasteiger partial charge in [0.2, 0.25) is 0 Å². The summed E-state index contributed by atoms with van der Waals surface area (Å²) in [5.74, 6) is 0.288. The molecule has 1 nitrogen and oxygen atoms in total. The van der Waals surface area contributed by atoms with Crippen LogP contribution in [-0.4, -0.2) is 17.1 Å². The van der Waals surface area contributed by atoms with Crippen molar-refractivity contribution in [3.63, 3.8) is 0 Å². The lowest BCUT2D eigenvalue weighted by Crippen LogP contribution is -2.02. The molecule has 0 saturated carbocycles. The van der Waals surface area contributed by atoms with E-state index < -0.39 is 6.10 Å². The third-order valence-corrected chi connectivity index (χ3v) is 1.07. The first-order valence-electron chi connectivity index (χ1n) is 2.72. The fourth-order valence-electron chi connectivity index (χ4n) is 0.345. The number of hydrogen-bond donors (Lipinski definition) is 1. The Labute approximate surface area is 55.0 Å². The van der Waals surface area contributed by atoms with Gasteiger partial charge in [-0.3, -0.25) is 0 Å². The van der Waals surface area contributed by atoms with E-state index in [9.17, 15) is 0 Å². The van der Waals surface area contributed by atoms with Crippen LogP contribution in [0, 0.1) is 0 Å². The van der Waals surface area contributed by atoms with E-state index in [1.165, 1.54) is 0 Å². The van der Waals surface area contributed by atoms with E-state index in [0.29, 0.717) is 0 Å². The molecule has 0 aromatic rings. The van der Waals surface area contributed by atoms with Crippen molar-refractivity contribution in [3.05, 3.63) is 12.2 Å². The topological polar surface area (TPSA) is 20.2 Å². The van der Waals surface area contributed by atoms with Gasteiger partial charge in [0.15, 0.2) is 0 Å². The van der Waals surface area contributed by atoms with E-state index in [2.05, 4.69) is 0 Å². The summed E-state index contributed by atoms with van der Waals surface area (Å²) in [5, 5.41) is 8.77. The lowest BCUT2D eigenvalue weighted by atomic mass is 10.3. The predicted molar refractivity (Wildman–Crippen MR) is 36.2 cm³/mol. The third kappa shape index (κ3) is 4.16. The number of allylic oxidation sites excluding steroid dienone is 1. The van der Waals surface area contributed by atoms with Crippen LogP contribution in [0.25, 0.3) is 0 Å². The van der Waals surface area contributed by atoms with E-state index in [0.717, 1.165) is 6.42 Å². The molecule has 0 aliphatic rings. The molecule has 48 valence electrons. The quantitative estimate of drug-likeness (QED) is 0.459. The molecular formula is C6H11ClO. The van der Waals surface area contributed by atoms with Gasteiger partial charge in [-0.15, -0.1) is 11.6 Å². The highest BCUT2D eigenvalue weighted by Gasteiger charge is 1.90. The second-order valence-electron chi connectivity index (χ2n) is 1.56. The van der Waals surface area contributed by atoms with Crippen molar-refractivity contribution in [2.24, 2.45) is 0 Å². The van der Waals surface area contributed by atoms with Crippen molar-refractivity contribution in [2.45, 2.75) is 19.4 Å². The molecule has 0 aromatic heterocycles. The van der Waals surface area contributed by atoms with Gasteiger partial charge < -0.3 is 5.11 Å². The summed E-state index contributed by atoms with van der Waals surface area (Å²) < 4.78 is 0. The van der Waals surface area contributed by atoms with Gasteiger partial charge in [0.1, 0.15) is 0 Å². The van der Waals surface area contributed by atoms with Gasteiger partial charge in [0.25, 0.3) is 0 Å². The fraction of sp³-hybridized carbons (Fsp3) is 0.667. The number of aliphatic hydroxyl groups excluding tert-OH is 1. The first-order valence-corrected chi connectivity index (χ1v) is 3.25. The molecule has 0 spiro atoms. The van der Waals surface area contributed by atoms with E-state index >= 15 is 0 Å². The number of halogens is 1. The summed E-state index contributed by atoms with van der Waals surface area (Å²) in [5.41, 5.74) is 0. The Morgan fingerprint density at radius 3 is 2.75 bits per heavy atom. The molecule has 1 N–H and O–H groups in total. The maximum absolute atomic E-state index is 8.77. The fourth-order valence-corrected chi connectivity index (χ4v) is 0.447. The Morgan fingerprint density at radius 2 is 2.38 bits per heavy atom. The van der Waals surface area contributed by atoms with Crippen LogP contribution in [0.15, 0.2) is 12.2 Å². The second kappa shape index (κ2) is 5.13. The van der Waals surface area contributed by atoms with E-state index in [4.69, 9.17) is 16.7 Å². The molecule has 0 saturated heterocycles. The summed E-state index contributed by atoms with van der Waals surface area (Å²) in [6.07, 6.45) is 4.09. The summed E-state index contributed by atoms with van der Waals surface area (Å²) in [6, 6.07) is 0. The minimum Gasteiger partial charge on any atom is -0.388 e. The van der Waals surface area contributed by atoms with Crippen LogP contribution in [0.1, 0.15) is 13.3 Å². The molecule has 1 unspecified atom stereocenters. The van der Waals surface area contributed by atoms with Crippen molar-refractivity contribution in [2.75, 3.05) is 5.88 Å². The predicted octanol–water partition coefficient (Wildman–Crippen LogP) is 1.55. The van der Waals surface area contributed by atoms with Gasteiger partial charge in [-0.25, -0.2) is 0 Å². The highest BCUT2D eigenvalue weighted by Crippen LogP contribution is 1.90. The van der Waals surface area contributed by atoms with Gasteiger partial charge in [0.05, 0.1) is 12.0 Å². The van der Waals surface area contributed by atoms with Crippen LogP contribution in [0.4, 0.5) is 0 Å². The molecule has 0 aromatic carbocycles. The van der Waals surface area contributed by atoms with E-state index in [1.807, 2.05) is 13.0 Å². The highest BCUT2D eigenvalue weighted by atomic mass is 35.5. The number of aliphatic hydroxyl groups is 1. The normalized spacial score (nSPS) is 14.9. The van der Waals surface area contributed by atoms with Crippen molar-refractivity contribution < 1.29 is 5.11 Å². The van der Waals surface area contributed by atoms with Crippen LogP contribution in [0.5, 0.6) is 0 Å². The Morgan fingerprint density at radius 1 is 1.75 bits per heavy atom. The average molecular weight is 135 g/mol. The van der Waals surface area contributed by atoms with E-state index in [1.54, 1.807) is 6.08 Å². The van der Waals surface area contributed by atoms with Gasteiger partial charge in [0, 0.05) is 0 Å². The van der Waals surface area contributed by atoms with Crippen LogP contribution in [0.3, 0.4) is 0 Å².